The maximum absolute atomic E-state index is 12.7. The van der Waals surface area contributed by atoms with Crippen LogP contribution >= 0.6 is 35.7 Å². The molecule has 2 unspecified atom stereocenters. The maximum atomic E-state index is 12.7. The van der Waals surface area contributed by atoms with E-state index in [0.29, 0.717) is 11.1 Å². The molecule has 1 aliphatic rings. The van der Waals surface area contributed by atoms with Gasteiger partial charge in [-0.3, -0.25) is 0 Å². The van der Waals surface area contributed by atoms with Gasteiger partial charge in [0.25, 0.3) is 0 Å². The van der Waals surface area contributed by atoms with Crippen molar-refractivity contribution in [1.82, 2.24) is 10.6 Å². The van der Waals surface area contributed by atoms with E-state index in [9.17, 15) is 28.2 Å². The van der Waals surface area contributed by atoms with Gasteiger partial charge in [-0.05, 0) is 6.07 Å². The quantitative estimate of drug-likeness (QED) is 0.118. The molecule has 2 atom stereocenters. The fourth-order valence-electron chi connectivity index (χ4n) is 3.52. The molecule has 36 heavy (non-hydrogen) atoms. The van der Waals surface area contributed by atoms with Crippen molar-refractivity contribution in [1.29, 1.82) is 0 Å². The fourth-order valence-corrected chi connectivity index (χ4v) is 10.2. The Morgan fingerprint density at radius 3 is 2.42 bits per heavy atom. The van der Waals surface area contributed by atoms with Crippen LogP contribution in [-0.2, 0) is 14.8 Å². The van der Waals surface area contributed by atoms with E-state index in [1.165, 1.54) is 18.2 Å². The predicted octanol–water partition coefficient (Wildman–Crippen LogP) is 2.57. The van der Waals surface area contributed by atoms with Gasteiger partial charge in [-0.25, -0.2) is 13.6 Å². The van der Waals surface area contributed by atoms with Crippen molar-refractivity contribution in [2.75, 3.05) is 4.43 Å². The Hall–Kier alpha value is -2.10. The van der Waals surface area contributed by atoms with E-state index >= 15 is 0 Å². The Kier molecular flexibility index (Phi) is 9.83. The van der Waals surface area contributed by atoms with Gasteiger partial charge >= 0.3 is 174 Å². The fraction of sp³-hybridized carbons (Fsp3) is 0.250. The summed E-state index contributed by atoms with van der Waals surface area (Å²) < 4.78 is 27.8. The number of nitrogens with two attached hydrogens (primary N) is 1. The zero-order valence-corrected chi connectivity index (χ0v) is 23.8. The number of hydrogen-bond donors (Lipinski definition) is 5. The first-order valence-corrected chi connectivity index (χ1v) is 17.2. The number of alkyl halides is 2. The normalized spacial score (nSPS) is 17.4. The van der Waals surface area contributed by atoms with Crippen LogP contribution in [0.3, 0.4) is 0 Å². The zero-order valence-electron chi connectivity index (χ0n) is 19.3. The van der Waals surface area contributed by atoms with Gasteiger partial charge in [0.05, 0.1) is 4.90 Å². The number of aliphatic hydroxyl groups excluding tert-OH is 1. The first-order valence-electron chi connectivity index (χ1n) is 10.9. The number of allylic oxidation sites excluding steroid dienone is 2. The number of amides is 2. The van der Waals surface area contributed by atoms with Gasteiger partial charge in [0.15, 0.2) is 0 Å². The molecule has 0 bridgehead atoms. The summed E-state index contributed by atoms with van der Waals surface area (Å²) in [4.78, 5) is 25.3. The minimum atomic E-state index is -3.94. The van der Waals surface area contributed by atoms with Crippen molar-refractivity contribution in [2.45, 2.75) is 34.6 Å². The van der Waals surface area contributed by atoms with Crippen LogP contribution in [0.25, 0.3) is 11.1 Å². The number of primary sulfonamides is 1. The van der Waals surface area contributed by atoms with E-state index in [2.05, 4.69) is 37.6 Å². The van der Waals surface area contributed by atoms with Gasteiger partial charge in [0.1, 0.15) is 0 Å². The summed E-state index contributed by atoms with van der Waals surface area (Å²) in [6, 6.07) is 11.1. The molecule has 0 saturated carbocycles. The second-order valence-electron chi connectivity index (χ2n) is 7.84. The van der Waals surface area contributed by atoms with E-state index in [1.807, 2.05) is 12.2 Å². The van der Waals surface area contributed by atoms with Gasteiger partial charge < -0.3 is 0 Å². The van der Waals surface area contributed by atoms with Gasteiger partial charge in [-0.15, -0.1) is 0 Å². The second kappa shape index (κ2) is 12.4. The number of halogens is 2. The molecule has 9 nitrogen and oxygen atoms in total. The van der Waals surface area contributed by atoms with Crippen LogP contribution in [0.4, 0.5) is 0 Å². The van der Waals surface area contributed by atoms with E-state index in [1.54, 1.807) is 30.3 Å². The predicted molar refractivity (Wildman–Crippen MR) is 150 cm³/mol. The summed E-state index contributed by atoms with van der Waals surface area (Å²) in [5.74, 6) is -1.02. The van der Waals surface area contributed by atoms with Gasteiger partial charge in [-0.1, -0.05) is 18.2 Å². The zero-order chi connectivity index (χ0) is 26.5. The number of sulfonamides is 1. The van der Waals surface area contributed by atoms with Crippen molar-refractivity contribution in [3.05, 3.63) is 74.8 Å². The number of rotatable bonds is 9. The summed E-state index contributed by atoms with van der Waals surface area (Å²) in [6.07, 6.45) is 1.54. The molecular formula is C24H27BrIN3O6S. The number of benzene rings is 2. The molecule has 0 fully saturated rings. The van der Waals surface area contributed by atoms with Crippen LogP contribution in [0, 0.1) is 0 Å². The van der Waals surface area contributed by atoms with Crippen LogP contribution in [-0.4, -0.2) is 51.3 Å². The molecule has 2 aromatic rings. The monoisotopic (exact) mass is 691 g/mol. The number of aliphatic hydroxyl groups is 2. The van der Waals surface area contributed by atoms with Gasteiger partial charge in [0, 0.05) is 0 Å². The number of carbonyl (C=O) groups excluding carboxylic acids is 2. The molecule has 194 valence electrons. The third kappa shape index (κ3) is 7.46. The number of hydrogen-bond acceptors (Lipinski definition) is 6. The molecular weight excluding hydrogens is 665 g/mol. The first kappa shape index (κ1) is 28.5. The summed E-state index contributed by atoms with van der Waals surface area (Å²) in [5, 5.41) is 30.2. The van der Waals surface area contributed by atoms with Gasteiger partial charge in [0.2, 0.25) is 10.0 Å². The van der Waals surface area contributed by atoms with Crippen LogP contribution < -0.4 is 15.8 Å². The molecule has 12 heteroatoms. The molecule has 1 heterocycles. The van der Waals surface area contributed by atoms with Crippen LogP contribution in [0.2, 0.25) is 0 Å². The SMILES string of the molecule is CCI1C=C(Br)C=CC1NC(=O)CC(NC(=O)c1ccc(-c2ccccc2S(N)(=O)=O)cc1)C(O)O. The van der Waals surface area contributed by atoms with Crippen LogP contribution in [0.15, 0.2) is 74.1 Å². The van der Waals surface area contributed by atoms with Crippen molar-refractivity contribution in [3.8, 4) is 11.1 Å². The summed E-state index contributed by atoms with van der Waals surface area (Å²) in [6.45, 7) is 2.07. The Morgan fingerprint density at radius 1 is 1.14 bits per heavy atom. The second-order valence-corrected chi connectivity index (χ2v) is 16.3. The van der Waals surface area contributed by atoms with Crippen LogP contribution in [0.1, 0.15) is 23.7 Å². The first-order chi connectivity index (χ1) is 17.0. The van der Waals surface area contributed by atoms with E-state index in [-0.39, 0.29) is 20.9 Å². The van der Waals surface area contributed by atoms with Crippen molar-refractivity contribution in [3.63, 3.8) is 0 Å². The van der Waals surface area contributed by atoms with Crippen LogP contribution in [0.5, 0.6) is 0 Å². The summed E-state index contributed by atoms with van der Waals surface area (Å²) >= 11 is 1.85. The Bertz CT molecular complexity index is 1280. The number of nitrogens with one attached hydrogen (secondary N) is 2. The summed E-state index contributed by atoms with van der Waals surface area (Å²) in [5.41, 5.74) is 1.12. The van der Waals surface area contributed by atoms with Crippen molar-refractivity contribution >= 4 is 57.6 Å². The van der Waals surface area contributed by atoms with E-state index in [4.69, 9.17) is 5.14 Å². The van der Waals surface area contributed by atoms with E-state index in [0.717, 1.165) is 8.91 Å². The van der Waals surface area contributed by atoms with E-state index < -0.39 is 54.0 Å². The molecule has 0 aliphatic carbocycles. The molecule has 2 aromatic carbocycles. The molecule has 0 spiro atoms. The average Bonchev–Trinajstić information content (AvgIpc) is 2.84. The third-order valence-corrected chi connectivity index (χ3v) is 13.3. The number of carbonyl (C=O) groups is 2. The molecule has 1 aliphatic heterocycles. The minimum absolute atomic E-state index is 0.0406. The van der Waals surface area contributed by atoms with Gasteiger partial charge in [-0.2, -0.15) is 0 Å². The Morgan fingerprint density at radius 2 is 1.81 bits per heavy atom. The molecule has 3 rings (SSSR count). The van der Waals surface area contributed by atoms with Crippen molar-refractivity contribution in [2.24, 2.45) is 5.14 Å². The molecule has 0 radical (unpaired) electrons. The summed E-state index contributed by atoms with van der Waals surface area (Å²) in [7, 11) is -3.94. The topological polar surface area (TPSA) is 159 Å². The third-order valence-electron chi connectivity index (χ3n) is 5.31. The molecule has 6 N–H and O–H groups in total. The molecule has 2 amide bonds. The van der Waals surface area contributed by atoms with Crippen molar-refractivity contribution < 1.29 is 28.2 Å². The Labute approximate surface area is 225 Å². The average molecular weight is 692 g/mol. The molecule has 0 saturated heterocycles. The standard InChI is InChI=1S/C24H27BrIN3O6S/c1-2-26-14-17(25)11-12-21(26)29-22(30)13-19(24(32)33)28-23(31)16-9-7-15(8-10-16)18-5-3-4-6-20(18)36(27,34)35/h3-12,14,19,21,24,32-33H,2,13H2,1H3,(H,28,31)(H,29,30)(H2,27,34,35). The Balaban J connectivity index is 1.68. The molecule has 0 aromatic heterocycles.